The lowest BCUT2D eigenvalue weighted by atomic mass is 9.60. The van der Waals surface area contributed by atoms with Gasteiger partial charge in [-0.15, -0.1) is 43.7 Å². The number of hydrogen-bond acceptors (Lipinski definition) is 4. The molecule has 0 amide bonds. The largest absolute Gasteiger partial charge is 0.457 e. The molecule has 0 spiro atoms. The van der Waals surface area contributed by atoms with Crippen LogP contribution in [-0.2, 0) is 0 Å². The SMILES string of the molecule is [B]c1c([B])c([B])c(-c2nc(-c3c([B])c([B])c([B])c([B])c3[B])nc(-c3c([B])c([B])c4c([B])c([B])c5c([B])c6oc7c([B])c([B])c([B])c([B])c7c6c([B])c5c4c3[B])n2)c([B])c1[B]. The van der Waals surface area contributed by atoms with Crippen molar-refractivity contribution in [2.24, 2.45) is 0 Å². The van der Waals surface area contributed by atoms with Crippen LogP contribution in [0.1, 0.15) is 0 Å². The van der Waals surface area contributed by atoms with Crippen molar-refractivity contribution in [3.8, 4) is 34.2 Å². The Kier molecular flexibility index (Phi) is 10.4. The molecule has 0 saturated heterocycles. The summed E-state index contributed by atoms with van der Waals surface area (Å²) in [6, 6.07) is 0. The highest BCUT2D eigenvalue weighted by Crippen LogP contribution is 2.29. The van der Waals surface area contributed by atoms with Crippen LogP contribution in [0.15, 0.2) is 4.42 Å². The number of hydrogen-bond donors (Lipinski definition) is 0. The standard InChI is InChI=1S/C35B21N3O/c36-10-2-1-3(12(38)14(40)4(2)21(47)31-5(10)6-15(41)22(48)29(55)30(56)32(6)60-31)13(39)16(42)7(11(1)37)33-57-34(8-17(43)23(49)27(53)24(50)18(8)44)59-35(58-33)9-19(45)25(51)28(54)26(52)20(9)46. The Morgan fingerprint density at radius 2 is 0.450 bits per heavy atom. The van der Waals surface area contributed by atoms with Crippen molar-refractivity contribution in [1.29, 1.82) is 0 Å². The molecule has 0 bridgehead atoms. The molecule has 0 aliphatic heterocycles. The molecule has 4 nitrogen and oxygen atoms in total. The van der Waals surface area contributed by atoms with Crippen LogP contribution in [0.4, 0.5) is 0 Å². The van der Waals surface area contributed by atoms with Crippen molar-refractivity contribution in [2.75, 3.05) is 0 Å². The summed E-state index contributed by atoms with van der Waals surface area (Å²) in [5, 5.41) is 0.902. The molecule has 0 aliphatic carbocycles. The van der Waals surface area contributed by atoms with Gasteiger partial charge >= 0.3 is 0 Å². The minimum Gasteiger partial charge on any atom is -0.457 e. The maximum atomic E-state index is 7.14. The zero-order valence-electron chi connectivity index (χ0n) is 31.4. The monoisotopic (exact) mass is 709 g/mol. The Morgan fingerprint density at radius 1 is 0.200 bits per heavy atom. The highest BCUT2D eigenvalue weighted by molar-refractivity contribution is 6.74. The number of aromatic nitrogens is 3. The van der Waals surface area contributed by atoms with Gasteiger partial charge in [0.25, 0.3) is 0 Å². The fraction of sp³-hybridized carbons (Fsp3) is 0. The summed E-state index contributed by atoms with van der Waals surface area (Å²) in [5.41, 5.74) is -1.90. The Labute approximate surface area is 374 Å². The molecule has 0 N–H and O–H groups in total. The molecular weight excluding hydrogens is 705 g/mol. The molecule has 60 heavy (non-hydrogen) atoms. The van der Waals surface area contributed by atoms with E-state index in [9.17, 15) is 0 Å². The zero-order valence-corrected chi connectivity index (χ0v) is 31.4. The third-order valence-electron chi connectivity index (χ3n) is 11.0. The van der Waals surface area contributed by atoms with Gasteiger partial charge in [0.05, 0.1) is 0 Å². The molecule has 25 heteroatoms. The topological polar surface area (TPSA) is 51.8 Å². The maximum absolute atomic E-state index is 7.14. The highest BCUT2D eigenvalue weighted by Gasteiger charge is 2.27. The normalized spacial score (nSPS) is 11.7. The van der Waals surface area contributed by atoms with E-state index in [1.54, 1.807) is 0 Å². The summed E-state index contributed by atoms with van der Waals surface area (Å²) >= 11 is 0. The molecule has 0 aliphatic rings. The first-order valence-corrected chi connectivity index (χ1v) is 17.3. The van der Waals surface area contributed by atoms with Crippen molar-refractivity contribution < 1.29 is 4.42 Å². The van der Waals surface area contributed by atoms with Crippen molar-refractivity contribution in [3.05, 3.63) is 0 Å². The van der Waals surface area contributed by atoms with Crippen LogP contribution in [0.5, 0.6) is 0 Å². The first-order valence-electron chi connectivity index (χ1n) is 17.3. The van der Waals surface area contributed by atoms with Crippen LogP contribution in [0, 0.1) is 0 Å². The molecule has 0 saturated carbocycles. The Hall–Kier alpha value is -3.99. The van der Waals surface area contributed by atoms with Crippen LogP contribution >= 0.6 is 0 Å². The van der Waals surface area contributed by atoms with Crippen LogP contribution in [0.3, 0.4) is 0 Å². The minimum absolute atomic E-state index is 0.000473. The van der Waals surface area contributed by atoms with Gasteiger partial charge in [0.1, 0.15) is 176 Å². The summed E-state index contributed by atoms with van der Waals surface area (Å²) in [6.07, 6.45) is 0. The number of furan rings is 1. The van der Waals surface area contributed by atoms with Gasteiger partial charge in [0.2, 0.25) is 0 Å². The first kappa shape index (κ1) is 42.7. The molecule has 8 rings (SSSR count). The molecular formula is C35B21N3O. The number of rotatable bonds is 3. The summed E-state index contributed by atoms with van der Waals surface area (Å²) in [4.78, 5) is 14.0. The fourth-order valence-electron chi connectivity index (χ4n) is 7.67. The van der Waals surface area contributed by atoms with Crippen molar-refractivity contribution in [3.63, 3.8) is 0 Å². The zero-order chi connectivity index (χ0) is 44.0. The third kappa shape index (κ3) is 5.64. The number of fused-ring (bicyclic) bond motifs is 6. The van der Waals surface area contributed by atoms with Crippen LogP contribution < -0.4 is 115 Å². The van der Waals surface area contributed by atoms with Gasteiger partial charge in [-0.25, -0.2) is 15.0 Å². The van der Waals surface area contributed by atoms with Crippen molar-refractivity contribution in [2.45, 2.75) is 0 Å². The second-order valence-electron chi connectivity index (χ2n) is 14.1. The fourth-order valence-corrected chi connectivity index (χ4v) is 7.67. The van der Waals surface area contributed by atoms with Gasteiger partial charge in [-0.3, -0.25) is 0 Å². The first-order chi connectivity index (χ1) is 28.1. The smallest absolute Gasteiger partial charge is 0.162 e. The van der Waals surface area contributed by atoms with Crippen LogP contribution in [-0.4, -0.2) is 180 Å². The molecule has 2 aromatic heterocycles. The molecule has 2 heterocycles. The summed E-state index contributed by atoms with van der Waals surface area (Å²) in [6.45, 7) is 0. The highest BCUT2D eigenvalue weighted by atomic mass is 16.3. The van der Waals surface area contributed by atoms with Gasteiger partial charge in [0, 0.05) is 27.5 Å². The van der Waals surface area contributed by atoms with Crippen LogP contribution in [0.25, 0.3) is 77.6 Å². The predicted molar refractivity (Wildman–Crippen MR) is 272 cm³/mol. The summed E-state index contributed by atoms with van der Waals surface area (Å²) in [5.74, 6) is -0.740. The summed E-state index contributed by atoms with van der Waals surface area (Å²) in [7, 11) is 136. The lowest BCUT2D eigenvalue weighted by Crippen LogP contribution is -2.55. The average Bonchev–Trinajstić information content (AvgIpc) is 3.63. The second-order valence-corrected chi connectivity index (χ2v) is 14.1. The van der Waals surface area contributed by atoms with E-state index in [1.165, 1.54) is 0 Å². The lowest BCUT2D eigenvalue weighted by Gasteiger charge is -2.26. The van der Waals surface area contributed by atoms with Crippen molar-refractivity contribution in [1.82, 2.24) is 15.0 Å². The van der Waals surface area contributed by atoms with Gasteiger partial charge in [-0.05, 0) is 27.0 Å². The van der Waals surface area contributed by atoms with E-state index < -0.39 is 0 Å². The molecule has 224 valence electrons. The Bertz CT molecular complexity index is 3200. The maximum Gasteiger partial charge on any atom is 0.162 e. The average molecular weight is 705 g/mol. The predicted octanol–water partition coefficient (Wildman–Crippen LogP) is -16.3. The van der Waals surface area contributed by atoms with E-state index in [1.807, 2.05) is 0 Å². The molecule has 0 atom stereocenters. The molecule has 8 aromatic rings. The van der Waals surface area contributed by atoms with E-state index in [2.05, 4.69) is 4.98 Å². The van der Waals surface area contributed by atoms with Gasteiger partial charge in [-0.2, -0.15) is 0 Å². The van der Waals surface area contributed by atoms with E-state index in [0.717, 1.165) is 0 Å². The van der Waals surface area contributed by atoms with Crippen LogP contribution in [0.2, 0.25) is 0 Å². The second kappa shape index (κ2) is 14.6. The summed E-state index contributed by atoms with van der Waals surface area (Å²) < 4.78 is 6.15. The Balaban J connectivity index is 1.59. The van der Waals surface area contributed by atoms with Gasteiger partial charge in [0.15, 0.2) is 17.5 Å². The van der Waals surface area contributed by atoms with E-state index in [4.69, 9.17) is 179 Å². The van der Waals surface area contributed by atoms with E-state index in [0.29, 0.717) is 0 Å². The lowest BCUT2D eigenvalue weighted by molar-refractivity contribution is 0.675. The number of benzene rings is 6. The third-order valence-corrected chi connectivity index (χ3v) is 11.0. The quantitative estimate of drug-likeness (QED) is 0.136. The molecule has 6 aromatic carbocycles. The molecule has 0 fully saturated rings. The van der Waals surface area contributed by atoms with E-state index >= 15 is 0 Å². The molecule has 0 unspecified atom stereocenters. The van der Waals surface area contributed by atoms with Crippen molar-refractivity contribution >= 4 is 323 Å². The molecule has 42 radical (unpaired) electrons. The van der Waals surface area contributed by atoms with E-state index in [-0.39, 0.29) is 192 Å². The van der Waals surface area contributed by atoms with Gasteiger partial charge in [-0.1, -0.05) is 65.6 Å². The minimum atomic E-state index is -0.260. The number of nitrogens with zero attached hydrogens (tertiary/aromatic N) is 3. The Morgan fingerprint density at radius 3 is 0.883 bits per heavy atom. The van der Waals surface area contributed by atoms with Gasteiger partial charge < -0.3 is 4.42 Å².